The summed E-state index contributed by atoms with van der Waals surface area (Å²) >= 11 is 0. The van der Waals surface area contributed by atoms with E-state index in [-0.39, 0.29) is 37.5 Å². The maximum Gasteiger partial charge on any atom is 0.306 e. The Morgan fingerprint density at radius 2 is 0.609 bits per heavy atom. The minimum Gasteiger partial charge on any atom is -0.462 e. The first-order chi connectivity index (χ1) is 34.0. The fourth-order valence-electron chi connectivity index (χ4n) is 7.27. The first kappa shape index (κ1) is 64.8. The number of esters is 3. The summed E-state index contributed by atoms with van der Waals surface area (Å²) in [5, 5.41) is 0. The third kappa shape index (κ3) is 54.6. The van der Waals surface area contributed by atoms with Gasteiger partial charge in [-0.3, -0.25) is 14.4 Å². The highest BCUT2D eigenvalue weighted by atomic mass is 16.6. The summed E-state index contributed by atoms with van der Waals surface area (Å²) in [6.07, 6.45) is 77.8. The van der Waals surface area contributed by atoms with Crippen LogP contribution in [0, 0.1) is 0 Å². The van der Waals surface area contributed by atoms with E-state index in [0.717, 1.165) is 122 Å². The standard InChI is InChI=1S/C63H102O6/c1-4-7-10-13-16-19-22-24-25-26-27-28-29-30-31-32-33-34-35-36-37-38-39-40-42-44-47-50-53-56-62(65)68-59-60(58-67-61(64)55-52-49-46-43-21-18-15-12-9-6-3)69-63(66)57-54-51-48-45-41-23-20-17-14-11-8-5-2/h7,10,12,15-16,19,24-25,27-28,30-31,33-34,36-37,39-40,44,47,60H,4-6,8-9,11,13-14,17-18,20-23,26,29,32,35,38,41-43,45-46,48-59H2,1-3H3/b10-7-,15-12-,19-16-,25-24-,28-27-,31-30-,34-33-,37-36-,40-39-,47-44-. The van der Waals surface area contributed by atoms with Crippen LogP contribution in [0.3, 0.4) is 0 Å². The zero-order chi connectivity index (χ0) is 50.0. The lowest BCUT2D eigenvalue weighted by atomic mass is 10.0. The summed E-state index contributed by atoms with van der Waals surface area (Å²) in [5.74, 6) is -0.978. The van der Waals surface area contributed by atoms with Crippen molar-refractivity contribution >= 4 is 17.9 Å². The number of carbonyl (C=O) groups excluding carboxylic acids is 3. The van der Waals surface area contributed by atoms with E-state index in [2.05, 4.69) is 142 Å². The monoisotopic (exact) mass is 955 g/mol. The van der Waals surface area contributed by atoms with Gasteiger partial charge in [0, 0.05) is 19.3 Å². The molecule has 1 unspecified atom stereocenters. The van der Waals surface area contributed by atoms with Gasteiger partial charge >= 0.3 is 17.9 Å². The van der Waals surface area contributed by atoms with Crippen LogP contribution >= 0.6 is 0 Å². The molecule has 69 heavy (non-hydrogen) atoms. The van der Waals surface area contributed by atoms with Gasteiger partial charge in [0.25, 0.3) is 0 Å². The number of hydrogen-bond donors (Lipinski definition) is 0. The molecule has 0 radical (unpaired) electrons. The van der Waals surface area contributed by atoms with Crippen LogP contribution in [-0.4, -0.2) is 37.2 Å². The van der Waals surface area contributed by atoms with Gasteiger partial charge in [0.2, 0.25) is 0 Å². The molecule has 6 heteroatoms. The zero-order valence-corrected chi connectivity index (χ0v) is 44.5. The van der Waals surface area contributed by atoms with Gasteiger partial charge in [-0.05, 0) is 103 Å². The van der Waals surface area contributed by atoms with Gasteiger partial charge in [-0.25, -0.2) is 0 Å². The molecule has 0 aliphatic rings. The molecular formula is C63H102O6. The fraction of sp³-hybridized carbons (Fsp3) is 0.635. The van der Waals surface area contributed by atoms with Crippen molar-refractivity contribution in [1.29, 1.82) is 0 Å². The maximum absolute atomic E-state index is 12.8. The number of ether oxygens (including phenoxy) is 3. The van der Waals surface area contributed by atoms with Crippen LogP contribution in [0.5, 0.6) is 0 Å². The number of allylic oxidation sites excluding steroid dienone is 20. The average molecular weight is 956 g/mol. The maximum atomic E-state index is 12.8. The van der Waals surface area contributed by atoms with Crippen LogP contribution < -0.4 is 0 Å². The van der Waals surface area contributed by atoms with Gasteiger partial charge in [0.1, 0.15) is 13.2 Å². The summed E-state index contributed by atoms with van der Waals surface area (Å²) in [6, 6.07) is 0. The Bertz CT molecular complexity index is 1470. The van der Waals surface area contributed by atoms with Crippen LogP contribution in [0.1, 0.15) is 239 Å². The Labute approximate surface area is 424 Å². The molecule has 0 fully saturated rings. The summed E-state index contributed by atoms with van der Waals surface area (Å²) in [4.78, 5) is 37.9. The van der Waals surface area contributed by atoms with Crippen molar-refractivity contribution in [2.75, 3.05) is 13.2 Å². The lowest BCUT2D eigenvalue weighted by Gasteiger charge is -2.18. The molecule has 0 spiro atoms. The Hall–Kier alpha value is -4.19. The summed E-state index contributed by atoms with van der Waals surface area (Å²) in [6.45, 7) is 6.39. The molecule has 0 saturated carbocycles. The number of hydrogen-bond acceptors (Lipinski definition) is 6. The highest BCUT2D eigenvalue weighted by Crippen LogP contribution is 2.14. The minimum absolute atomic E-state index is 0.101. The lowest BCUT2D eigenvalue weighted by Crippen LogP contribution is -2.30. The van der Waals surface area contributed by atoms with Crippen molar-refractivity contribution in [2.45, 2.75) is 245 Å². The van der Waals surface area contributed by atoms with Gasteiger partial charge < -0.3 is 14.2 Å². The van der Waals surface area contributed by atoms with Crippen LogP contribution in [0.4, 0.5) is 0 Å². The van der Waals surface area contributed by atoms with Gasteiger partial charge in [-0.1, -0.05) is 239 Å². The van der Waals surface area contributed by atoms with Crippen molar-refractivity contribution in [3.05, 3.63) is 122 Å². The van der Waals surface area contributed by atoms with E-state index in [1.54, 1.807) is 0 Å². The molecule has 0 bridgehead atoms. The smallest absolute Gasteiger partial charge is 0.306 e. The van der Waals surface area contributed by atoms with E-state index in [1.807, 2.05) is 0 Å². The third-order valence-corrected chi connectivity index (χ3v) is 11.4. The lowest BCUT2D eigenvalue weighted by molar-refractivity contribution is -0.167. The van der Waals surface area contributed by atoms with Gasteiger partial charge in [-0.2, -0.15) is 0 Å². The second-order valence-electron chi connectivity index (χ2n) is 18.1. The molecule has 0 aliphatic heterocycles. The topological polar surface area (TPSA) is 78.9 Å². The van der Waals surface area contributed by atoms with Crippen molar-refractivity contribution in [3.8, 4) is 0 Å². The molecule has 0 N–H and O–H groups in total. The molecule has 0 aromatic heterocycles. The summed E-state index contributed by atoms with van der Waals surface area (Å²) in [7, 11) is 0. The average Bonchev–Trinajstić information content (AvgIpc) is 3.35. The SMILES string of the molecule is CC/C=C\C/C=C\C/C=C\C/C=C\C/C=C\C/C=C\C/C=C\C/C=C\C/C=C\CCCC(=O)OCC(COC(=O)CCCCCCC/C=C\CCC)OC(=O)CCCCCCCCCCCCCC. The summed E-state index contributed by atoms with van der Waals surface area (Å²) < 4.78 is 16.7. The molecule has 6 nitrogen and oxygen atoms in total. The van der Waals surface area contributed by atoms with E-state index >= 15 is 0 Å². The highest BCUT2D eigenvalue weighted by Gasteiger charge is 2.19. The van der Waals surface area contributed by atoms with E-state index < -0.39 is 6.10 Å². The van der Waals surface area contributed by atoms with E-state index in [9.17, 15) is 14.4 Å². The summed E-state index contributed by atoms with van der Waals surface area (Å²) in [5.41, 5.74) is 0. The predicted molar refractivity (Wildman–Crippen MR) is 297 cm³/mol. The molecule has 0 rings (SSSR count). The molecule has 1 atom stereocenters. The quantitative estimate of drug-likeness (QED) is 0.0262. The van der Waals surface area contributed by atoms with Crippen molar-refractivity contribution in [3.63, 3.8) is 0 Å². The molecular weight excluding hydrogens is 853 g/mol. The molecule has 0 aromatic rings. The highest BCUT2D eigenvalue weighted by molar-refractivity contribution is 5.71. The Kier molecular flexibility index (Phi) is 53.0. The number of rotatable bonds is 49. The Morgan fingerprint density at radius 3 is 1.01 bits per heavy atom. The minimum atomic E-state index is -0.804. The largest absolute Gasteiger partial charge is 0.462 e. The second kappa shape index (κ2) is 56.4. The van der Waals surface area contributed by atoms with Crippen LogP contribution in [-0.2, 0) is 28.6 Å². The van der Waals surface area contributed by atoms with Crippen molar-refractivity contribution < 1.29 is 28.6 Å². The number of carbonyl (C=O) groups is 3. The number of unbranched alkanes of at least 4 members (excludes halogenated alkanes) is 18. The Morgan fingerprint density at radius 1 is 0.304 bits per heavy atom. The van der Waals surface area contributed by atoms with Crippen molar-refractivity contribution in [1.82, 2.24) is 0 Å². The zero-order valence-electron chi connectivity index (χ0n) is 44.5. The molecule has 0 aliphatic carbocycles. The normalized spacial score (nSPS) is 13.0. The predicted octanol–water partition coefficient (Wildman–Crippen LogP) is 18.9. The molecule has 0 saturated heterocycles. The van der Waals surface area contributed by atoms with Crippen LogP contribution in [0.2, 0.25) is 0 Å². The van der Waals surface area contributed by atoms with Gasteiger partial charge in [0.15, 0.2) is 6.10 Å². The first-order valence-electron chi connectivity index (χ1n) is 28.0. The Balaban J connectivity index is 4.36. The van der Waals surface area contributed by atoms with E-state index in [0.29, 0.717) is 19.3 Å². The van der Waals surface area contributed by atoms with Gasteiger partial charge in [0.05, 0.1) is 0 Å². The first-order valence-corrected chi connectivity index (χ1v) is 28.0. The van der Waals surface area contributed by atoms with Crippen molar-refractivity contribution in [2.24, 2.45) is 0 Å². The second-order valence-corrected chi connectivity index (χ2v) is 18.1. The van der Waals surface area contributed by atoms with Crippen LogP contribution in [0.25, 0.3) is 0 Å². The van der Waals surface area contributed by atoms with E-state index in [1.165, 1.54) is 70.6 Å². The molecule has 390 valence electrons. The van der Waals surface area contributed by atoms with E-state index in [4.69, 9.17) is 14.2 Å². The third-order valence-electron chi connectivity index (χ3n) is 11.4. The molecule has 0 amide bonds. The fourth-order valence-corrected chi connectivity index (χ4v) is 7.27. The molecule has 0 aromatic carbocycles. The van der Waals surface area contributed by atoms with Crippen LogP contribution in [0.15, 0.2) is 122 Å². The molecule has 0 heterocycles. The van der Waals surface area contributed by atoms with Gasteiger partial charge in [-0.15, -0.1) is 0 Å².